The smallest absolute Gasteiger partial charge is 0.241 e. The summed E-state index contributed by atoms with van der Waals surface area (Å²) in [5.41, 5.74) is 1.97. The Morgan fingerprint density at radius 3 is 2.33 bits per heavy atom. The highest BCUT2D eigenvalue weighted by atomic mass is 19.1. The zero-order valence-corrected chi connectivity index (χ0v) is 11.7. The molecule has 4 heteroatoms. The van der Waals surface area contributed by atoms with Crippen molar-refractivity contribution in [1.82, 2.24) is 4.90 Å². The zero-order valence-electron chi connectivity index (χ0n) is 11.7. The minimum Gasteiger partial charge on any atom is -0.310 e. The average Bonchev–Trinajstić information content (AvgIpc) is 2.50. The largest absolute Gasteiger partial charge is 0.310 e. The van der Waals surface area contributed by atoms with E-state index in [1.54, 1.807) is 17.0 Å². The molecule has 21 heavy (non-hydrogen) atoms. The monoisotopic (exact) mass is 284 g/mol. The molecule has 0 aromatic heterocycles. The predicted octanol–water partition coefficient (Wildman–Crippen LogP) is 2.67. The Hall–Kier alpha value is -2.20. The number of hydrogen-bond donors (Lipinski definition) is 0. The molecule has 1 heterocycles. The molecular formula is C17H17FN2O. The van der Waals surface area contributed by atoms with E-state index in [9.17, 15) is 9.18 Å². The minimum absolute atomic E-state index is 0.0591. The van der Waals surface area contributed by atoms with Gasteiger partial charge < -0.3 is 4.90 Å². The highest BCUT2D eigenvalue weighted by Gasteiger charge is 2.24. The number of amides is 1. The lowest BCUT2D eigenvalue weighted by atomic mass is 10.2. The molecule has 3 rings (SSSR count). The van der Waals surface area contributed by atoms with Gasteiger partial charge in [0.2, 0.25) is 5.91 Å². The van der Waals surface area contributed by atoms with Gasteiger partial charge in [-0.25, -0.2) is 4.39 Å². The molecule has 1 saturated heterocycles. The zero-order chi connectivity index (χ0) is 14.7. The fraction of sp³-hybridized carbons (Fsp3) is 0.235. The number of nitrogens with zero attached hydrogens (tertiary/aromatic N) is 2. The highest BCUT2D eigenvalue weighted by Crippen LogP contribution is 2.18. The first-order valence-electron chi connectivity index (χ1n) is 7.04. The number of benzene rings is 2. The Balaban J connectivity index is 1.64. The van der Waals surface area contributed by atoms with Crippen molar-refractivity contribution in [2.24, 2.45) is 0 Å². The number of halogens is 1. The van der Waals surface area contributed by atoms with Gasteiger partial charge in [-0.1, -0.05) is 30.3 Å². The average molecular weight is 284 g/mol. The van der Waals surface area contributed by atoms with Crippen molar-refractivity contribution in [3.05, 3.63) is 66.0 Å². The van der Waals surface area contributed by atoms with Crippen molar-refractivity contribution in [3.63, 3.8) is 0 Å². The SMILES string of the molecule is O=C1CN(Cc2ccccc2)CCN1c1ccc(F)cc1. The summed E-state index contributed by atoms with van der Waals surface area (Å²) in [7, 11) is 0. The first kappa shape index (κ1) is 13.8. The topological polar surface area (TPSA) is 23.6 Å². The maximum absolute atomic E-state index is 12.9. The van der Waals surface area contributed by atoms with Crippen LogP contribution in [0.5, 0.6) is 0 Å². The number of piperazine rings is 1. The van der Waals surface area contributed by atoms with Gasteiger partial charge in [0, 0.05) is 25.3 Å². The van der Waals surface area contributed by atoms with E-state index in [1.807, 2.05) is 18.2 Å². The van der Waals surface area contributed by atoms with E-state index in [-0.39, 0.29) is 11.7 Å². The van der Waals surface area contributed by atoms with Gasteiger partial charge in [0.05, 0.1) is 6.54 Å². The molecule has 1 amide bonds. The van der Waals surface area contributed by atoms with Gasteiger partial charge in [-0.15, -0.1) is 0 Å². The van der Waals surface area contributed by atoms with Crippen LogP contribution in [0.25, 0.3) is 0 Å². The summed E-state index contributed by atoms with van der Waals surface area (Å²) in [5.74, 6) is -0.224. The summed E-state index contributed by atoms with van der Waals surface area (Å²) in [5, 5.41) is 0. The van der Waals surface area contributed by atoms with Gasteiger partial charge in [-0.05, 0) is 29.8 Å². The van der Waals surface area contributed by atoms with E-state index in [0.717, 1.165) is 18.8 Å². The lowest BCUT2D eigenvalue weighted by molar-refractivity contribution is -0.121. The van der Waals surface area contributed by atoms with Gasteiger partial charge in [0.25, 0.3) is 0 Å². The summed E-state index contributed by atoms with van der Waals surface area (Å²) in [4.78, 5) is 16.1. The molecular weight excluding hydrogens is 267 g/mol. The van der Waals surface area contributed by atoms with Gasteiger partial charge in [0.15, 0.2) is 0 Å². The maximum atomic E-state index is 12.9. The van der Waals surface area contributed by atoms with E-state index in [4.69, 9.17) is 0 Å². The molecule has 0 saturated carbocycles. The molecule has 0 N–H and O–H groups in total. The van der Waals surface area contributed by atoms with E-state index in [0.29, 0.717) is 13.1 Å². The molecule has 108 valence electrons. The van der Waals surface area contributed by atoms with Crippen molar-refractivity contribution in [2.45, 2.75) is 6.54 Å². The van der Waals surface area contributed by atoms with Crippen LogP contribution in [0.4, 0.5) is 10.1 Å². The lowest BCUT2D eigenvalue weighted by Gasteiger charge is -2.34. The van der Waals surface area contributed by atoms with Crippen LogP contribution in [0.15, 0.2) is 54.6 Å². The Morgan fingerprint density at radius 1 is 0.952 bits per heavy atom. The fourth-order valence-corrected chi connectivity index (χ4v) is 2.59. The normalized spacial score (nSPS) is 16.2. The molecule has 0 bridgehead atoms. The maximum Gasteiger partial charge on any atom is 0.241 e. The van der Waals surface area contributed by atoms with Crippen LogP contribution < -0.4 is 4.90 Å². The van der Waals surface area contributed by atoms with Crippen LogP contribution >= 0.6 is 0 Å². The van der Waals surface area contributed by atoms with Gasteiger partial charge >= 0.3 is 0 Å². The van der Waals surface area contributed by atoms with Crippen molar-refractivity contribution in [2.75, 3.05) is 24.5 Å². The highest BCUT2D eigenvalue weighted by molar-refractivity contribution is 5.95. The molecule has 0 aliphatic carbocycles. The Labute approximate surface area is 123 Å². The second-order valence-corrected chi connectivity index (χ2v) is 5.22. The molecule has 1 aliphatic rings. The Bertz CT molecular complexity index is 612. The van der Waals surface area contributed by atoms with Gasteiger partial charge in [-0.3, -0.25) is 9.69 Å². The third kappa shape index (κ3) is 3.28. The first-order chi connectivity index (χ1) is 10.2. The van der Waals surface area contributed by atoms with Crippen LogP contribution in [0.2, 0.25) is 0 Å². The van der Waals surface area contributed by atoms with Crippen LogP contribution in [-0.4, -0.2) is 30.4 Å². The second kappa shape index (κ2) is 6.06. The van der Waals surface area contributed by atoms with Crippen molar-refractivity contribution >= 4 is 11.6 Å². The lowest BCUT2D eigenvalue weighted by Crippen LogP contribution is -2.50. The number of carbonyl (C=O) groups excluding carboxylic acids is 1. The third-order valence-corrected chi connectivity index (χ3v) is 3.69. The molecule has 0 atom stereocenters. The summed E-state index contributed by atoms with van der Waals surface area (Å²) in [6.45, 7) is 2.63. The minimum atomic E-state index is -0.283. The summed E-state index contributed by atoms with van der Waals surface area (Å²) < 4.78 is 12.9. The summed E-state index contributed by atoms with van der Waals surface area (Å²) >= 11 is 0. The number of anilines is 1. The fourth-order valence-electron chi connectivity index (χ4n) is 2.59. The molecule has 0 radical (unpaired) electrons. The van der Waals surface area contributed by atoms with Crippen LogP contribution in [0, 0.1) is 5.82 Å². The molecule has 2 aromatic rings. The summed E-state index contributed by atoms with van der Waals surface area (Å²) in [6.07, 6.45) is 0. The molecule has 1 aliphatic heterocycles. The van der Waals surface area contributed by atoms with Crippen molar-refractivity contribution < 1.29 is 9.18 Å². The van der Waals surface area contributed by atoms with Crippen LogP contribution in [0.3, 0.4) is 0 Å². The quantitative estimate of drug-likeness (QED) is 0.865. The molecule has 0 spiro atoms. The van der Waals surface area contributed by atoms with Crippen molar-refractivity contribution in [3.8, 4) is 0 Å². The first-order valence-corrected chi connectivity index (χ1v) is 7.04. The van der Waals surface area contributed by atoms with Gasteiger partial charge in [0.1, 0.15) is 5.82 Å². The Morgan fingerprint density at radius 2 is 1.67 bits per heavy atom. The molecule has 3 nitrogen and oxygen atoms in total. The van der Waals surface area contributed by atoms with E-state index < -0.39 is 0 Å². The molecule has 2 aromatic carbocycles. The van der Waals surface area contributed by atoms with E-state index in [1.165, 1.54) is 17.7 Å². The number of rotatable bonds is 3. The van der Waals surface area contributed by atoms with E-state index >= 15 is 0 Å². The number of hydrogen-bond acceptors (Lipinski definition) is 2. The van der Waals surface area contributed by atoms with Crippen LogP contribution in [-0.2, 0) is 11.3 Å². The third-order valence-electron chi connectivity index (χ3n) is 3.69. The van der Waals surface area contributed by atoms with Crippen molar-refractivity contribution in [1.29, 1.82) is 0 Å². The molecule has 0 unspecified atom stereocenters. The van der Waals surface area contributed by atoms with E-state index in [2.05, 4.69) is 17.0 Å². The number of carbonyl (C=O) groups is 1. The van der Waals surface area contributed by atoms with Gasteiger partial charge in [-0.2, -0.15) is 0 Å². The Kier molecular flexibility index (Phi) is 3.97. The molecule has 1 fully saturated rings. The predicted molar refractivity (Wildman–Crippen MR) is 80.5 cm³/mol. The standard InChI is InChI=1S/C17H17FN2O/c18-15-6-8-16(9-7-15)20-11-10-19(13-17(20)21)12-14-4-2-1-3-5-14/h1-9H,10-13H2. The van der Waals surface area contributed by atoms with Crippen LogP contribution in [0.1, 0.15) is 5.56 Å². The summed E-state index contributed by atoms with van der Waals surface area (Å²) in [6, 6.07) is 16.2. The second-order valence-electron chi connectivity index (χ2n) is 5.22.